The van der Waals surface area contributed by atoms with Crippen molar-refractivity contribution in [3.63, 3.8) is 0 Å². The van der Waals surface area contributed by atoms with Crippen molar-refractivity contribution < 1.29 is 9.72 Å². The summed E-state index contributed by atoms with van der Waals surface area (Å²) in [6.07, 6.45) is 0. The quantitative estimate of drug-likeness (QED) is 0.647. The van der Waals surface area contributed by atoms with Gasteiger partial charge in [0.1, 0.15) is 5.02 Å². The molecule has 0 radical (unpaired) electrons. The second-order valence-corrected chi connectivity index (χ2v) is 5.68. The number of carbonyl (C=O) groups excluding carboxylic acids is 1. The molecule has 0 aliphatic rings. The Labute approximate surface area is 120 Å². The Kier molecular flexibility index (Phi) is 6.11. The molecule has 5 nitrogen and oxygen atoms in total. The van der Waals surface area contributed by atoms with Crippen molar-refractivity contribution in [3.05, 3.63) is 38.9 Å². The van der Waals surface area contributed by atoms with Gasteiger partial charge in [0, 0.05) is 23.4 Å². The molecule has 1 atom stereocenters. The maximum atomic E-state index is 11.9. The average molecular weight is 303 g/mol. The maximum absolute atomic E-state index is 11.9. The van der Waals surface area contributed by atoms with Crippen LogP contribution in [-0.4, -0.2) is 28.4 Å². The van der Waals surface area contributed by atoms with Crippen LogP contribution < -0.4 is 5.32 Å². The molecule has 0 heterocycles. The van der Waals surface area contributed by atoms with Crippen LogP contribution in [0.4, 0.5) is 5.69 Å². The number of rotatable bonds is 6. The van der Waals surface area contributed by atoms with E-state index in [1.165, 1.54) is 18.2 Å². The van der Waals surface area contributed by atoms with E-state index in [-0.39, 0.29) is 28.2 Å². The third kappa shape index (κ3) is 4.72. The Morgan fingerprint density at radius 1 is 1.58 bits per heavy atom. The Bertz CT molecular complexity index is 482. The van der Waals surface area contributed by atoms with Crippen LogP contribution in [0.3, 0.4) is 0 Å². The number of nitro groups is 1. The summed E-state index contributed by atoms with van der Waals surface area (Å²) in [5, 5.41) is 13.6. The second kappa shape index (κ2) is 7.35. The minimum Gasteiger partial charge on any atom is -0.349 e. The SMILES string of the molecule is CCSCC(C)NC(=O)c1ccc(Cl)c([N+](=O)[O-])c1. The second-order valence-electron chi connectivity index (χ2n) is 3.96. The van der Waals surface area contributed by atoms with Crippen LogP contribution in [0.15, 0.2) is 18.2 Å². The van der Waals surface area contributed by atoms with Crippen LogP contribution >= 0.6 is 23.4 Å². The first-order valence-electron chi connectivity index (χ1n) is 5.78. The highest BCUT2D eigenvalue weighted by Crippen LogP contribution is 2.25. The molecule has 0 spiro atoms. The van der Waals surface area contributed by atoms with Crippen LogP contribution in [0.1, 0.15) is 24.2 Å². The molecule has 0 saturated heterocycles. The molecular weight excluding hydrogens is 288 g/mol. The van der Waals surface area contributed by atoms with E-state index in [4.69, 9.17) is 11.6 Å². The van der Waals surface area contributed by atoms with Crippen molar-refractivity contribution in [1.82, 2.24) is 5.32 Å². The van der Waals surface area contributed by atoms with Crippen molar-refractivity contribution in [3.8, 4) is 0 Å². The number of hydrogen-bond acceptors (Lipinski definition) is 4. The molecule has 0 aromatic heterocycles. The normalized spacial score (nSPS) is 11.9. The lowest BCUT2D eigenvalue weighted by atomic mass is 10.2. The van der Waals surface area contributed by atoms with Crippen LogP contribution in [0.2, 0.25) is 5.02 Å². The summed E-state index contributed by atoms with van der Waals surface area (Å²) in [6.45, 7) is 3.94. The van der Waals surface area contributed by atoms with Gasteiger partial charge in [-0.2, -0.15) is 11.8 Å². The molecule has 104 valence electrons. The molecule has 1 amide bonds. The van der Waals surface area contributed by atoms with E-state index in [0.717, 1.165) is 11.5 Å². The van der Waals surface area contributed by atoms with Crippen molar-refractivity contribution in [1.29, 1.82) is 0 Å². The van der Waals surface area contributed by atoms with E-state index < -0.39 is 4.92 Å². The third-order valence-corrected chi connectivity index (χ3v) is 3.82. The minimum absolute atomic E-state index is 0.00665. The lowest BCUT2D eigenvalue weighted by Gasteiger charge is -2.13. The van der Waals surface area contributed by atoms with E-state index in [9.17, 15) is 14.9 Å². The molecule has 0 bridgehead atoms. The molecule has 1 unspecified atom stereocenters. The molecule has 0 fully saturated rings. The lowest BCUT2D eigenvalue weighted by Crippen LogP contribution is -2.34. The van der Waals surface area contributed by atoms with Gasteiger partial charge in [-0.25, -0.2) is 0 Å². The number of carbonyl (C=O) groups is 1. The fourth-order valence-corrected chi connectivity index (χ4v) is 2.30. The highest BCUT2D eigenvalue weighted by Gasteiger charge is 2.17. The summed E-state index contributed by atoms with van der Waals surface area (Å²) < 4.78 is 0. The molecule has 1 N–H and O–H groups in total. The van der Waals surface area contributed by atoms with Gasteiger partial charge >= 0.3 is 0 Å². The van der Waals surface area contributed by atoms with Gasteiger partial charge in [0.25, 0.3) is 11.6 Å². The zero-order valence-electron chi connectivity index (χ0n) is 10.7. The first-order chi connectivity index (χ1) is 8.95. The van der Waals surface area contributed by atoms with E-state index in [2.05, 4.69) is 5.32 Å². The van der Waals surface area contributed by atoms with Crippen LogP contribution in [0.5, 0.6) is 0 Å². The fourth-order valence-electron chi connectivity index (χ4n) is 1.44. The van der Waals surface area contributed by atoms with Gasteiger partial charge in [0.2, 0.25) is 0 Å². The zero-order chi connectivity index (χ0) is 14.4. The summed E-state index contributed by atoms with van der Waals surface area (Å²) in [5.41, 5.74) is -0.0191. The summed E-state index contributed by atoms with van der Waals surface area (Å²) >= 11 is 7.41. The maximum Gasteiger partial charge on any atom is 0.288 e. The van der Waals surface area contributed by atoms with Crippen molar-refractivity contribution in [2.24, 2.45) is 0 Å². The third-order valence-electron chi connectivity index (χ3n) is 2.35. The zero-order valence-corrected chi connectivity index (χ0v) is 12.3. The van der Waals surface area contributed by atoms with Crippen molar-refractivity contribution in [2.75, 3.05) is 11.5 Å². The predicted octanol–water partition coefficient (Wildman–Crippen LogP) is 3.12. The first-order valence-corrected chi connectivity index (χ1v) is 7.31. The summed E-state index contributed by atoms with van der Waals surface area (Å²) in [5.74, 6) is 1.45. The number of nitrogens with zero attached hydrogens (tertiary/aromatic N) is 1. The number of benzene rings is 1. The molecule has 0 aliphatic carbocycles. The van der Waals surface area contributed by atoms with Crippen LogP contribution in [0.25, 0.3) is 0 Å². The summed E-state index contributed by atoms with van der Waals surface area (Å²) in [6, 6.07) is 4.04. The predicted molar refractivity (Wildman–Crippen MR) is 78.0 cm³/mol. The number of hydrogen-bond donors (Lipinski definition) is 1. The van der Waals surface area contributed by atoms with E-state index in [1.54, 1.807) is 11.8 Å². The Balaban J connectivity index is 2.77. The fraction of sp³-hybridized carbons (Fsp3) is 0.417. The van der Waals surface area contributed by atoms with Gasteiger partial charge < -0.3 is 5.32 Å². The highest BCUT2D eigenvalue weighted by molar-refractivity contribution is 7.99. The Hall–Kier alpha value is -1.27. The largest absolute Gasteiger partial charge is 0.349 e. The average Bonchev–Trinajstić information content (AvgIpc) is 2.36. The van der Waals surface area contributed by atoms with Gasteiger partial charge in [0.15, 0.2) is 0 Å². The molecule has 19 heavy (non-hydrogen) atoms. The number of thioether (sulfide) groups is 1. The molecule has 0 aliphatic heterocycles. The monoisotopic (exact) mass is 302 g/mol. The van der Waals surface area contributed by atoms with Gasteiger partial charge in [-0.3, -0.25) is 14.9 Å². The van der Waals surface area contributed by atoms with E-state index in [1.807, 2.05) is 13.8 Å². The number of nitrogens with one attached hydrogen (secondary N) is 1. The number of nitro benzene ring substituents is 1. The topological polar surface area (TPSA) is 72.2 Å². The molecule has 1 aromatic rings. The Morgan fingerprint density at radius 2 is 2.26 bits per heavy atom. The summed E-state index contributed by atoms with van der Waals surface area (Å²) in [7, 11) is 0. The molecule has 1 rings (SSSR count). The first kappa shape index (κ1) is 15.8. The molecular formula is C12H15ClN2O3S. The Morgan fingerprint density at radius 3 is 2.84 bits per heavy atom. The van der Waals surface area contributed by atoms with Crippen molar-refractivity contribution in [2.45, 2.75) is 19.9 Å². The number of amides is 1. The smallest absolute Gasteiger partial charge is 0.288 e. The van der Waals surface area contributed by atoms with E-state index in [0.29, 0.717) is 0 Å². The van der Waals surface area contributed by atoms with Gasteiger partial charge in [-0.15, -0.1) is 0 Å². The standard InChI is InChI=1S/C12H15ClN2O3S/c1-3-19-7-8(2)14-12(16)9-4-5-10(13)11(6-9)15(17)18/h4-6,8H,3,7H2,1-2H3,(H,14,16). The number of halogens is 1. The van der Waals surface area contributed by atoms with Crippen LogP contribution in [0, 0.1) is 10.1 Å². The van der Waals surface area contributed by atoms with Gasteiger partial charge in [-0.05, 0) is 24.8 Å². The molecule has 1 aromatic carbocycles. The van der Waals surface area contributed by atoms with Gasteiger partial charge in [-0.1, -0.05) is 18.5 Å². The van der Waals surface area contributed by atoms with E-state index >= 15 is 0 Å². The summed E-state index contributed by atoms with van der Waals surface area (Å²) in [4.78, 5) is 22.1. The molecule has 7 heteroatoms. The lowest BCUT2D eigenvalue weighted by molar-refractivity contribution is -0.384. The minimum atomic E-state index is -0.602. The van der Waals surface area contributed by atoms with Crippen LogP contribution in [-0.2, 0) is 0 Å². The highest BCUT2D eigenvalue weighted by atomic mass is 35.5. The molecule has 0 saturated carbocycles. The van der Waals surface area contributed by atoms with Crippen molar-refractivity contribution >= 4 is 35.0 Å². The van der Waals surface area contributed by atoms with Gasteiger partial charge in [0.05, 0.1) is 4.92 Å².